The largest absolute Gasteiger partial charge is 0.383 e. The van der Waals surface area contributed by atoms with Crippen LogP contribution in [0.25, 0.3) is 44.2 Å². The summed E-state index contributed by atoms with van der Waals surface area (Å²) in [6.07, 6.45) is 1.73. The Morgan fingerprint density at radius 1 is 1.06 bits per heavy atom. The van der Waals surface area contributed by atoms with Crippen LogP contribution in [-0.2, 0) is 26.0 Å². The van der Waals surface area contributed by atoms with Crippen molar-refractivity contribution in [2.75, 3.05) is 34.0 Å². The zero-order chi connectivity index (χ0) is 24.4. The summed E-state index contributed by atoms with van der Waals surface area (Å²) in [5, 5.41) is 0. The number of aromatic amines is 1. The number of nitrogens with one attached hydrogen (secondary N) is 2. The van der Waals surface area contributed by atoms with Crippen molar-refractivity contribution in [1.82, 2.24) is 29.2 Å². The molecule has 12 heteroatoms. The molecule has 0 aliphatic rings. The average Bonchev–Trinajstić information content (AvgIpc) is 3.60. The van der Waals surface area contributed by atoms with Crippen molar-refractivity contribution in [3.63, 3.8) is 0 Å². The number of sulfonamides is 1. The maximum atomic E-state index is 12.7. The van der Waals surface area contributed by atoms with Gasteiger partial charge in [0.15, 0.2) is 5.82 Å². The van der Waals surface area contributed by atoms with E-state index < -0.39 is 10.0 Å². The van der Waals surface area contributed by atoms with Gasteiger partial charge in [0.2, 0.25) is 10.0 Å². The molecule has 0 bridgehead atoms. The van der Waals surface area contributed by atoms with E-state index in [0.29, 0.717) is 36.0 Å². The predicted octanol–water partition coefficient (Wildman–Crippen LogP) is 3.27. The van der Waals surface area contributed by atoms with Crippen LogP contribution in [0.4, 0.5) is 0 Å². The molecular formula is C23H24N6O4S2. The van der Waals surface area contributed by atoms with Gasteiger partial charge < -0.3 is 19.0 Å². The number of thiazole rings is 1. The van der Waals surface area contributed by atoms with Gasteiger partial charge in [0.25, 0.3) is 0 Å². The van der Waals surface area contributed by atoms with Gasteiger partial charge in [0.1, 0.15) is 11.5 Å². The maximum Gasteiger partial charge on any atom is 0.240 e. The molecule has 5 aromatic rings. The second kappa shape index (κ2) is 9.84. The Kier molecular flexibility index (Phi) is 6.62. The Balaban J connectivity index is 1.53. The van der Waals surface area contributed by atoms with Crippen molar-refractivity contribution in [2.24, 2.45) is 0 Å². The fourth-order valence-electron chi connectivity index (χ4n) is 3.84. The molecule has 0 radical (unpaired) electrons. The first kappa shape index (κ1) is 23.6. The van der Waals surface area contributed by atoms with Gasteiger partial charge in [-0.2, -0.15) is 0 Å². The van der Waals surface area contributed by atoms with Gasteiger partial charge in [-0.05, 0) is 36.4 Å². The Morgan fingerprint density at radius 3 is 2.74 bits per heavy atom. The summed E-state index contributed by atoms with van der Waals surface area (Å²) >= 11 is 1.59. The summed E-state index contributed by atoms with van der Waals surface area (Å²) < 4.78 is 41.2. The lowest BCUT2D eigenvalue weighted by Gasteiger charge is -2.08. The highest BCUT2D eigenvalue weighted by molar-refractivity contribution is 7.89. The summed E-state index contributed by atoms with van der Waals surface area (Å²) in [6, 6.07) is 10.9. The first-order chi connectivity index (χ1) is 17.0. The molecule has 0 aliphatic heterocycles. The van der Waals surface area contributed by atoms with E-state index in [9.17, 15) is 8.42 Å². The minimum Gasteiger partial charge on any atom is -0.383 e. The first-order valence-electron chi connectivity index (χ1n) is 10.9. The van der Waals surface area contributed by atoms with Crippen molar-refractivity contribution in [2.45, 2.75) is 11.4 Å². The molecule has 0 aliphatic carbocycles. The number of imidazole rings is 2. The number of ether oxygens (including phenoxy) is 2. The van der Waals surface area contributed by atoms with Crippen molar-refractivity contribution < 1.29 is 17.9 Å². The molecule has 0 atom stereocenters. The molecule has 2 N–H and O–H groups in total. The van der Waals surface area contributed by atoms with Crippen LogP contribution in [0.3, 0.4) is 0 Å². The molecule has 2 aromatic carbocycles. The highest BCUT2D eigenvalue weighted by atomic mass is 32.2. The van der Waals surface area contributed by atoms with Gasteiger partial charge >= 0.3 is 0 Å². The van der Waals surface area contributed by atoms with E-state index >= 15 is 0 Å². The van der Waals surface area contributed by atoms with Crippen LogP contribution in [0.15, 0.2) is 53.0 Å². The van der Waals surface area contributed by atoms with E-state index in [1.54, 1.807) is 42.8 Å². The standard InChI is InChI=1S/C23H24N6O4S2/c1-32-9-7-26-35(30,31)16-4-5-20-17(12-16)28-23(29(20)8-10-33-2)19-13-24-22(27-19)15-3-6-21-18(11-15)25-14-34-21/h3-6,11-14,26H,7-10H2,1-2H3,(H,24,27). The lowest BCUT2D eigenvalue weighted by molar-refractivity contribution is 0.188. The van der Waals surface area contributed by atoms with Gasteiger partial charge in [0, 0.05) is 32.9 Å². The first-order valence-corrected chi connectivity index (χ1v) is 13.2. The summed E-state index contributed by atoms with van der Waals surface area (Å²) in [5.41, 5.74) is 5.74. The number of rotatable bonds is 10. The van der Waals surface area contributed by atoms with E-state index in [1.165, 1.54) is 7.11 Å². The van der Waals surface area contributed by atoms with Gasteiger partial charge in [0.05, 0.1) is 51.1 Å². The van der Waals surface area contributed by atoms with Gasteiger partial charge in [-0.15, -0.1) is 11.3 Å². The molecule has 0 saturated heterocycles. The second-order valence-electron chi connectivity index (χ2n) is 7.80. The molecule has 0 amide bonds. The minimum absolute atomic E-state index is 0.144. The molecule has 35 heavy (non-hydrogen) atoms. The van der Waals surface area contributed by atoms with Crippen molar-refractivity contribution in [3.05, 3.63) is 48.1 Å². The molecule has 0 saturated carbocycles. The highest BCUT2D eigenvalue weighted by Crippen LogP contribution is 2.29. The van der Waals surface area contributed by atoms with Crippen molar-refractivity contribution >= 4 is 42.6 Å². The number of fused-ring (bicyclic) bond motifs is 2. The quantitative estimate of drug-likeness (QED) is 0.275. The zero-order valence-electron chi connectivity index (χ0n) is 19.2. The molecule has 3 aromatic heterocycles. The third-order valence-electron chi connectivity index (χ3n) is 5.57. The zero-order valence-corrected chi connectivity index (χ0v) is 20.8. The number of nitrogens with zero attached hydrogens (tertiary/aromatic N) is 4. The summed E-state index contributed by atoms with van der Waals surface area (Å²) in [6.45, 7) is 1.49. The van der Waals surface area contributed by atoms with Crippen LogP contribution < -0.4 is 4.72 Å². The van der Waals surface area contributed by atoms with Gasteiger partial charge in [-0.3, -0.25) is 0 Å². The van der Waals surface area contributed by atoms with Crippen LogP contribution in [-0.4, -0.2) is 66.9 Å². The molecule has 10 nitrogen and oxygen atoms in total. The van der Waals surface area contributed by atoms with Crippen LogP contribution in [0.2, 0.25) is 0 Å². The second-order valence-corrected chi connectivity index (χ2v) is 10.5. The number of benzene rings is 2. The third kappa shape index (κ3) is 4.70. The van der Waals surface area contributed by atoms with E-state index in [2.05, 4.69) is 19.7 Å². The maximum absolute atomic E-state index is 12.7. The van der Waals surface area contributed by atoms with Crippen LogP contribution >= 0.6 is 11.3 Å². The lowest BCUT2D eigenvalue weighted by Crippen LogP contribution is -2.27. The predicted molar refractivity (Wildman–Crippen MR) is 135 cm³/mol. The normalized spacial score (nSPS) is 12.2. The lowest BCUT2D eigenvalue weighted by atomic mass is 10.2. The topological polar surface area (TPSA) is 124 Å². The van der Waals surface area contributed by atoms with Crippen LogP contribution in [0.1, 0.15) is 0 Å². The summed E-state index contributed by atoms with van der Waals surface area (Å²) in [4.78, 5) is 17.2. The molecule has 182 valence electrons. The van der Waals surface area contributed by atoms with Crippen molar-refractivity contribution in [3.8, 4) is 22.9 Å². The summed E-state index contributed by atoms with van der Waals surface area (Å²) in [7, 11) is -0.526. The van der Waals surface area contributed by atoms with E-state index in [0.717, 1.165) is 21.3 Å². The Morgan fingerprint density at radius 2 is 1.91 bits per heavy atom. The minimum atomic E-state index is -3.68. The Labute approximate surface area is 206 Å². The van der Waals surface area contributed by atoms with Gasteiger partial charge in [-0.25, -0.2) is 28.1 Å². The highest BCUT2D eigenvalue weighted by Gasteiger charge is 2.19. The molecule has 5 rings (SSSR count). The third-order valence-corrected chi connectivity index (χ3v) is 7.84. The molecule has 0 unspecified atom stereocenters. The molecular weight excluding hydrogens is 488 g/mol. The number of methoxy groups -OCH3 is 2. The van der Waals surface area contributed by atoms with Crippen LogP contribution in [0, 0.1) is 0 Å². The Hall–Kier alpha value is -3.16. The van der Waals surface area contributed by atoms with Crippen LogP contribution in [0.5, 0.6) is 0 Å². The fourth-order valence-corrected chi connectivity index (χ4v) is 5.53. The smallest absolute Gasteiger partial charge is 0.240 e. The Bertz CT molecular complexity index is 1590. The SMILES string of the molecule is COCCNS(=O)(=O)c1ccc2c(c1)nc(-c1cnc(-c3ccc4scnc4c3)[nH]1)n2CCOC. The summed E-state index contributed by atoms with van der Waals surface area (Å²) in [5.74, 6) is 1.35. The average molecular weight is 513 g/mol. The van der Waals surface area contributed by atoms with E-state index in [4.69, 9.17) is 14.5 Å². The van der Waals surface area contributed by atoms with Crippen molar-refractivity contribution in [1.29, 1.82) is 0 Å². The molecule has 0 spiro atoms. The monoisotopic (exact) mass is 512 g/mol. The number of hydrogen-bond donors (Lipinski definition) is 2. The van der Waals surface area contributed by atoms with Gasteiger partial charge in [-0.1, -0.05) is 0 Å². The van der Waals surface area contributed by atoms with E-state index in [1.807, 2.05) is 28.3 Å². The number of hydrogen-bond acceptors (Lipinski definition) is 8. The number of aromatic nitrogens is 5. The fraction of sp³-hybridized carbons (Fsp3) is 0.261. The number of H-pyrrole nitrogens is 1. The molecule has 0 fully saturated rings. The molecule has 3 heterocycles. The van der Waals surface area contributed by atoms with E-state index in [-0.39, 0.29) is 18.0 Å².